The van der Waals surface area contributed by atoms with Gasteiger partial charge >= 0.3 is 0 Å². The van der Waals surface area contributed by atoms with E-state index in [2.05, 4.69) is 0 Å². The molecular weight excluding hydrogens is 196 g/mol. The molecule has 13 heavy (non-hydrogen) atoms. The molecule has 1 aliphatic rings. The standard InChI is InChI=1S/C8H7ClO4/c1-12-5-3-4(10)7(11)6(9)8(5)13-2/h3H,1-2H3. The van der Waals surface area contributed by atoms with Gasteiger partial charge in [-0.05, 0) is 0 Å². The van der Waals surface area contributed by atoms with Gasteiger partial charge in [0.25, 0.3) is 0 Å². The molecule has 0 unspecified atom stereocenters. The second-order valence-corrected chi connectivity index (χ2v) is 2.63. The van der Waals surface area contributed by atoms with E-state index in [4.69, 9.17) is 21.1 Å². The largest absolute Gasteiger partial charge is 0.493 e. The van der Waals surface area contributed by atoms with Crippen molar-refractivity contribution in [2.24, 2.45) is 0 Å². The molecule has 0 aromatic rings. The third kappa shape index (κ3) is 1.58. The summed E-state index contributed by atoms with van der Waals surface area (Å²) in [5, 5.41) is -0.244. The predicted molar refractivity (Wildman–Crippen MR) is 45.0 cm³/mol. The van der Waals surface area contributed by atoms with E-state index in [9.17, 15) is 9.59 Å². The summed E-state index contributed by atoms with van der Waals surface area (Å²) in [6.45, 7) is 0. The van der Waals surface area contributed by atoms with Crippen molar-refractivity contribution in [1.29, 1.82) is 0 Å². The normalized spacial score (nSPS) is 17.3. The average Bonchev–Trinajstić information content (AvgIpc) is 2.13. The van der Waals surface area contributed by atoms with Gasteiger partial charge in [0.05, 0.1) is 14.2 Å². The summed E-state index contributed by atoms with van der Waals surface area (Å²) in [4.78, 5) is 22.0. The highest BCUT2D eigenvalue weighted by molar-refractivity contribution is 6.61. The van der Waals surface area contributed by atoms with Gasteiger partial charge < -0.3 is 9.47 Å². The van der Waals surface area contributed by atoms with Crippen LogP contribution >= 0.6 is 11.6 Å². The lowest BCUT2D eigenvalue weighted by Crippen LogP contribution is -2.20. The van der Waals surface area contributed by atoms with Gasteiger partial charge in [-0.25, -0.2) is 0 Å². The summed E-state index contributed by atoms with van der Waals surface area (Å²) in [7, 11) is 2.70. The minimum atomic E-state index is -0.778. The SMILES string of the molecule is COC1=CC(=O)C(=O)C(Cl)=C1OC. The summed E-state index contributed by atoms with van der Waals surface area (Å²) >= 11 is 5.57. The van der Waals surface area contributed by atoms with Gasteiger partial charge in [-0.1, -0.05) is 11.6 Å². The Bertz CT molecular complexity index is 327. The molecule has 0 radical (unpaired) electrons. The second kappa shape index (κ2) is 3.62. The van der Waals surface area contributed by atoms with Crippen molar-refractivity contribution >= 4 is 23.2 Å². The van der Waals surface area contributed by atoms with Crippen LogP contribution < -0.4 is 0 Å². The fourth-order valence-corrected chi connectivity index (χ4v) is 1.17. The number of ketones is 2. The first-order chi connectivity index (χ1) is 6.11. The van der Waals surface area contributed by atoms with Crippen molar-refractivity contribution in [2.45, 2.75) is 0 Å². The van der Waals surface area contributed by atoms with Crippen molar-refractivity contribution in [3.05, 3.63) is 22.6 Å². The van der Waals surface area contributed by atoms with Crippen molar-refractivity contribution in [3.63, 3.8) is 0 Å². The Morgan fingerprint density at radius 1 is 1.23 bits per heavy atom. The number of carbonyl (C=O) groups excluding carboxylic acids is 2. The molecule has 0 bridgehead atoms. The Kier molecular flexibility index (Phi) is 2.72. The molecule has 0 heterocycles. The van der Waals surface area contributed by atoms with Crippen LogP contribution in [0.15, 0.2) is 22.6 Å². The molecule has 1 aliphatic carbocycles. The van der Waals surface area contributed by atoms with Crippen molar-refractivity contribution < 1.29 is 19.1 Å². The van der Waals surface area contributed by atoms with Crippen molar-refractivity contribution in [3.8, 4) is 0 Å². The van der Waals surface area contributed by atoms with Crippen LogP contribution in [-0.4, -0.2) is 25.8 Å². The second-order valence-electron chi connectivity index (χ2n) is 2.25. The number of hydrogen-bond donors (Lipinski definition) is 0. The number of halogens is 1. The van der Waals surface area contributed by atoms with E-state index in [1.54, 1.807) is 0 Å². The van der Waals surface area contributed by atoms with Crippen LogP contribution in [0.5, 0.6) is 0 Å². The Hall–Kier alpha value is -1.29. The maximum atomic E-state index is 11.0. The number of methoxy groups -OCH3 is 2. The Balaban J connectivity index is 3.19. The molecule has 0 fully saturated rings. The summed E-state index contributed by atoms with van der Waals surface area (Å²) < 4.78 is 9.61. The maximum absolute atomic E-state index is 11.0. The van der Waals surface area contributed by atoms with E-state index in [1.807, 2.05) is 0 Å². The molecule has 0 aromatic heterocycles. The average molecular weight is 203 g/mol. The Morgan fingerprint density at radius 2 is 1.85 bits per heavy atom. The highest BCUT2D eigenvalue weighted by atomic mass is 35.5. The predicted octanol–water partition coefficient (Wildman–Crippen LogP) is 0.765. The zero-order valence-corrected chi connectivity index (χ0v) is 7.84. The molecule has 0 saturated carbocycles. The number of Topliss-reactive ketones (excluding diaryl/α,β-unsaturated/α-hetero) is 1. The van der Waals surface area contributed by atoms with E-state index >= 15 is 0 Å². The van der Waals surface area contributed by atoms with E-state index in [-0.39, 0.29) is 16.6 Å². The summed E-state index contributed by atoms with van der Waals surface area (Å²) in [5.74, 6) is -1.23. The molecule has 0 saturated heterocycles. The van der Waals surface area contributed by atoms with Gasteiger partial charge in [-0.2, -0.15) is 0 Å². The van der Waals surface area contributed by atoms with Crippen LogP contribution in [0.1, 0.15) is 0 Å². The number of ether oxygens (including phenoxy) is 2. The van der Waals surface area contributed by atoms with Crippen LogP contribution in [0.2, 0.25) is 0 Å². The van der Waals surface area contributed by atoms with E-state index in [0.29, 0.717) is 0 Å². The molecule has 0 atom stereocenters. The highest BCUT2D eigenvalue weighted by Crippen LogP contribution is 2.24. The lowest BCUT2D eigenvalue weighted by atomic mass is 10.1. The number of rotatable bonds is 2. The minimum Gasteiger partial charge on any atom is -0.493 e. The first-order valence-electron chi connectivity index (χ1n) is 3.40. The zero-order valence-electron chi connectivity index (χ0n) is 7.09. The van der Waals surface area contributed by atoms with Crippen molar-refractivity contribution in [1.82, 2.24) is 0 Å². The Labute approximate surface area is 79.8 Å². The first kappa shape index (κ1) is 9.80. The molecule has 1 rings (SSSR count). The van der Waals surface area contributed by atoms with Gasteiger partial charge in [0.2, 0.25) is 11.6 Å². The van der Waals surface area contributed by atoms with Crippen LogP contribution in [0.25, 0.3) is 0 Å². The van der Waals surface area contributed by atoms with Gasteiger partial charge in [-0.15, -0.1) is 0 Å². The molecule has 70 valence electrons. The van der Waals surface area contributed by atoms with E-state index < -0.39 is 11.6 Å². The smallest absolute Gasteiger partial charge is 0.248 e. The third-order valence-electron chi connectivity index (χ3n) is 1.53. The van der Waals surface area contributed by atoms with Gasteiger partial charge in [0.15, 0.2) is 11.5 Å². The van der Waals surface area contributed by atoms with Gasteiger partial charge in [0, 0.05) is 6.08 Å². The van der Waals surface area contributed by atoms with Crippen LogP contribution in [0.4, 0.5) is 0 Å². The lowest BCUT2D eigenvalue weighted by Gasteiger charge is -2.14. The van der Waals surface area contributed by atoms with E-state index in [1.165, 1.54) is 14.2 Å². The highest BCUT2D eigenvalue weighted by Gasteiger charge is 2.28. The molecule has 0 aliphatic heterocycles. The van der Waals surface area contributed by atoms with Gasteiger partial charge in [0.1, 0.15) is 5.03 Å². The zero-order chi connectivity index (χ0) is 10.0. The molecule has 5 heteroatoms. The van der Waals surface area contributed by atoms with Crippen molar-refractivity contribution in [2.75, 3.05) is 14.2 Å². The molecule has 0 N–H and O–H groups in total. The van der Waals surface area contributed by atoms with Crippen LogP contribution in [0.3, 0.4) is 0 Å². The summed E-state index contributed by atoms with van der Waals surface area (Å²) in [5.41, 5.74) is 0. The topological polar surface area (TPSA) is 52.6 Å². The molecule has 0 spiro atoms. The molecule has 0 aromatic carbocycles. The fraction of sp³-hybridized carbons (Fsp3) is 0.250. The number of allylic oxidation sites excluding steroid dienone is 2. The quantitative estimate of drug-likeness (QED) is 0.490. The van der Waals surface area contributed by atoms with Gasteiger partial charge in [-0.3, -0.25) is 9.59 Å². The number of hydrogen-bond acceptors (Lipinski definition) is 4. The minimum absolute atomic E-state index is 0.0915. The molecule has 0 amide bonds. The molecular formula is C8H7ClO4. The number of carbonyl (C=O) groups is 2. The lowest BCUT2D eigenvalue weighted by molar-refractivity contribution is -0.131. The van der Waals surface area contributed by atoms with E-state index in [0.717, 1.165) is 6.08 Å². The first-order valence-corrected chi connectivity index (χ1v) is 3.78. The Morgan fingerprint density at radius 3 is 2.31 bits per heavy atom. The van der Waals surface area contributed by atoms with Crippen LogP contribution in [0, 0.1) is 0 Å². The maximum Gasteiger partial charge on any atom is 0.248 e. The summed E-state index contributed by atoms with van der Waals surface area (Å²) in [6, 6.07) is 0. The van der Waals surface area contributed by atoms with Crippen LogP contribution in [-0.2, 0) is 19.1 Å². The summed E-state index contributed by atoms with van der Waals surface area (Å²) in [6.07, 6.45) is 1.05. The fourth-order valence-electron chi connectivity index (χ4n) is 0.911. The molecule has 4 nitrogen and oxygen atoms in total. The monoisotopic (exact) mass is 202 g/mol. The third-order valence-corrected chi connectivity index (χ3v) is 1.88.